The second kappa shape index (κ2) is 9.02. The first-order chi connectivity index (χ1) is 13.0. The highest BCUT2D eigenvalue weighted by Gasteiger charge is 2.46. The zero-order valence-corrected chi connectivity index (χ0v) is 16.8. The summed E-state index contributed by atoms with van der Waals surface area (Å²) >= 11 is 0. The molecule has 1 spiro atoms. The van der Waals surface area contributed by atoms with Gasteiger partial charge in [0.05, 0.1) is 18.1 Å². The number of imidazole rings is 1. The number of nitrogens with one attached hydrogen (secondary N) is 1. The van der Waals surface area contributed by atoms with Crippen LogP contribution in [0.25, 0.3) is 0 Å². The largest absolute Gasteiger partial charge is 0.392 e. The smallest absolute Gasteiger partial charge is 0.222 e. The SMILES string of the molecule is CC=CCCCC(=O)N1CCC[C@@]2(CN(Cc3nc[nH]c3C)CC[C@H]2O)C1. The molecule has 6 heteroatoms. The summed E-state index contributed by atoms with van der Waals surface area (Å²) < 4.78 is 0. The molecule has 3 rings (SSSR count). The van der Waals surface area contributed by atoms with Crippen molar-refractivity contribution < 1.29 is 9.90 Å². The Morgan fingerprint density at radius 1 is 1.44 bits per heavy atom. The number of hydrogen-bond acceptors (Lipinski definition) is 4. The summed E-state index contributed by atoms with van der Waals surface area (Å²) in [5, 5.41) is 10.8. The molecule has 3 heterocycles. The van der Waals surface area contributed by atoms with E-state index >= 15 is 0 Å². The number of carbonyl (C=O) groups excluding carboxylic acids is 1. The fourth-order valence-electron chi connectivity index (χ4n) is 4.60. The van der Waals surface area contributed by atoms with Gasteiger partial charge in [-0.2, -0.15) is 0 Å². The van der Waals surface area contributed by atoms with Crippen LogP contribution < -0.4 is 0 Å². The average molecular weight is 375 g/mol. The van der Waals surface area contributed by atoms with E-state index in [1.54, 1.807) is 6.33 Å². The summed E-state index contributed by atoms with van der Waals surface area (Å²) in [6, 6.07) is 0. The second-order valence-corrected chi connectivity index (χ2v) is 8.23. The van der Waals surface area contributed by atoms with Crippen molar-refractivity contribution >= 4 is 5.91 Å². The first-order valence-electron chi connectivity index (χ1n) is 10.3. The predicted molar refractivity (Wildman–Crippen MR) is 106 cm³/mol. The summed E-state index contributed by atoms with van der Waals surface area (Å²) in [6.07, 6.45) is 10.8. The number of aliphatic hydroxyl groups excluding tert-OH is 1. The normalized spacial score (nSPS) is 26.9. The van der Waals surface area contributed by atoms with Gasteiger partial charge >= 0.3 is 0 Å². The van der Waals surface area contributed by atoms with Gasteiger partial charge in [-0.25, -0.2) is 4.98 Å². The molecule has 1 aromatic rings. The van der Waals surface area contributed by atoms with Crippen LogP contribution in [0.15, 0.2) is 18.5 Å². The summed E-state index contributed by atoms with van der Waals surface area (Å²) in [7, 11) is 0. The lowest BCUT2D eigenvalue weighted by atomic mass is 9.71. The van der Waals surface area contributed by atoms with Crippen LogP contribution in [0.4, 0.5) is 0 Å². The minimum atomic E-state index is -0.326. The van der Waals surface area contributed by atoms with Crippen molar-refractivity contribution in [3.63, 3.8) is 0 Å². The number of unbranched alkanes of at least 4 members (excludes halogenated alkanes) is 1. The standard InChI is InChI=1S/C21H34N4O2/c1-3-4-5-6-8-20(27)25-11-7-10-21(15-25)14-24(12-9-19(21)26)13-18-17(2)22-16-23-18/h3-4,16,19,26H,5-15H2,1-2H3,(H,22,23)/t19-,21-/m1/s1. The van der Waals surface area contributed by atoms with Gasteiger partial charge in [-0.15, -0.1) is 0 Å². The lowest BCUT2D eigenvalue weighted by Gasteiger charge is -2.51. The zero-order chi connectivity index (χ0) is 19.3. The van der Waals surface area contributed by atoms with E-state index in [4.69, 9.17) is 0 Å². The molecule has 2 fully saturated rings. The van der Waals surface area contributed by atoms with Crippen LogP contribution >= 0.6 is 0 Å². The first-order valence-corrected chi connectivity index (χ1v) is 10.3. The number of hydrogen-bond donors (Lipinski definition) is 2. The molecule has 2 aliphatic rings. The van der Waals surface area contributed by atoms with E-state index in [1.807, 2.05) is 24.8 Å². The number of allylic oxidation sites excluding steroid dienone is 2. The van der Waals surface area contributed by atoms with Crippen molar-refractivity contribution in [3.05, 3.63) is 29.9 Å². The van der Waals surface area contributed by atoms with Crippen LogP contribution in [0.2, 0.25) is 0 Å². The second-order valence-electron chi connectivity index (χ2n) is 8.23. The molecule has 0 bridgehead atoms. The Balaban J connectivity index is 1.61. The Hall–Kier alpha value is -1.66. The molecule has 6 nitrogen and oxygen atoms in total. The third-order valence-corrected chi connectivity index (χ3v) is 6.23. The number of rotatable bonds is 6. The van der Waals surface area contributed by atoms with E-state index in [-0.39, 0.29) is 17.4 Å². The van der Waals surface area contributed by atoms with Gasteiger partial charge in [0.15, 0.2) is 0 Å². The summed E-state index contributed by atoms with van der Waals surface area (Å²) in [5.74, 6) is 0.242. The van der Waals surface area contributed by atoms with E-state index in [1.165, 1.54) is 0 Å². The maximum atomic E-state index is 12.7. The number of aryl methyl sites for hydroxylation is 1. The van der Waals surface area contributed by atoms with Gasteiger partial charge in [0.25, 0.3) is 0 Å². The van der Waals surface area contributed by atoms with Gasteiger partial charge in [0, 0.05) is 50.3 Å². The van der Waals surface area contributed by atoms with E-state index in [9.17, 15) is 9.90 Å². The Labute approximate surface area is 162 Å². The number of likely N-dealkylation sites (tertiary alicyclic amines) is 2. The molecule has 0 aliphatic carbocycles. The van der Waals surface area contributed by atoms with E-state index in [2.05, 4.69) is 20.9 Å². The number of nitrogens with zero attached hydrogens (tertiary/aromatic N) is 3. The van der Waals surface area contributed by atoms with Gasteiger partial charge in [-0.3, -0.25) is 9.69 Å². The topological polar surface area (TPSA) is 72.5 Å². The van der Waals surface area contributed by atoms with Crippen molar-refractivity contribution in [3.8, 4) is 0 Å². The van der Waals surface area contributed by atoms with Gasteiger partial charge in [0.1, 0.15) is 0 Å². The maximum Gasteiger partial charge on any atom is 0.222 e. The van der Waals surface area contributed by atoms with Crippen LogP contribution in [0.5, 0.6) is 0 Å². The first kappa shape index (κ1) is 20.1. The van der Waals surface area contributed by atoms with Crippen LogP contribution in [0.3, 0.4) is 0 Å². The fraction of sp³-hybridized carbons (Fsp3) is 0.714. The minimum Gasteiger partial charge on any atom is -0.392 e. The van der Waals surface area contributed by atoms with Crippen LogP contribution in [0, 0.1) is 12.3 Å². The maximum absolute atomic E-state index is 12.7. The fourth-order valence-corrected chi connectivity index (χ4v) is 4.60. The lowest BCUT2D eigenvalue weighted by Crippen LogP contribution is -2.59. The monoisotopic (exact) mass is 374 g/mol. The molecule has 27 heavy (non-hydrogen) atoms. The Morgan fingerprint density at radius 3 is 3.04 bits per heavy atom. The lowest BCUT2D eigenvalue weighted by molar-refractivity contribution is -0.141. The summed E-state index contributed by atoms with van der Waals surface area (Å²) in [5.41, 5.74) is 1.99. The van der Waals surface area contributed by atoms with Crippen molar-refractivity contribution in [2.75, 3.05) is 26.2 Å². The zero-order valence-electron chi connectivity index (χ0n) is 16.8. The van der Waals surface area contributed by atoms with Crippen molar-refractivity contribution in [2.24, 2.45) is 5.41 Å². The number of aromatic nitrogens is 2. The van der Waals surface area contributed by atoms with E-state index in [0.717, 1.165) is 69.7 Å². The molecule has 2 saturated heterocycles. The van der Waals surface area contributed by atoms with Crippen molar-refractivity contribution in [2.45, 2.75) is 65.0 Å². The van der Waals surface area contributed by atoms with E-state index in [0.29, 0.717) is 13.0 Å². The highest BCUT2D eigenvalue weighted by molar-refractivity contribution is 5.76. The third-order valence-electron chi connectivity index (χ3n) is 6.23. The molecule has 0 radical (unpaired) electrons. The quantitative estimate of drug-likeness (QED) is 0.593. The molecule has 1 amide bonds. The Bertz CT molecular complexity index is 656. The van der Waals surface area contributed by atoms with Crippen molar-refractivity contribution in [1.29, 1.82) is 0 Å². The number of aromatic amines is 1. The molecular weight excluding hydrogens is 340 g/mol. The highest BCUT2D eigenvalue weighted by Crippen LogP contribution is 2.39. The van der Waals surface area contributed by atoms with Gasteiger partial charge in [-0.05, 0) is 46.0 Å². The van der Waals surface area contributed by atoms with E-state index < -0.39 is 0 Å². The van der Waals surface area contributed by atoms with Crippen LogP contribution in [-0.2, 0) is 11.3 Å². The average Bonchev–Trinajstić information content (AvgIpc) is 3.06. The Morgan fingerprint density at radius 2 is 2.30 bits per heavy atom. The molecule has 2 atom stereocenters. The minimum absolute atomic E-state index is 0.195. The van der Waals surface area contributed by atoms with Gasteiger partial charge in [-0.1, -0.05) is 12.2 Å². The number of amides is 1. The molecule has 2 aliphatic heterocycles. The molecule has 0 unspecified atom stereocenters. The number of aliphatic hydroxyl groups is 1. The summed E-state index contributed by atoms with van der Waals surface area (Å²) in [6.45, 7) is 8.10. The number of H-pyrrole nitrogens is 1. The molecule has 0 saturated carbocycles. The molecule has 150 valence electrons. The molecular formula is C21H34N4O2. The molecule has 1 aromatic heterocycles. The van der Waals surface area contributed by atoms with Gasteiger partial charge < -0.3 is 15.0 Å². The van der Waals surface area contributed by atoms with Crippen LogP contribution in [-0.4, -0.2) is 63.1 Å². The number of carbonyl (C=O) groups is 1. The molecule has 0 aromatic carbocycles. The highest BCUT2D eigenvalue weighted by atomic mass is 16.3. The van der Waals surface area contributed by atoms with Crippen molar-refractivity contribution in [1.82, 2.24) is 19.8 Å². The van der Waals surface area contributed by atoms with Gasteiger partial charge in [0.2, 0.25) is 5.91 Å². The third kappa shape index (κ3) is 4.79. The molecule has 2 N–H and O–H groups in total. The summed E-state index contributed by atoms with van der Waals surface area (Å²) in [4.78, 5) is 24.6. The van der Waals surface area contributed by atoms with Crippen LogP contribution in [0.1, 0.15) is 56.8 Å². The predicted octanol–water partition coefficient (Wildman–Crippen LogP) is 2.64. The number of piperidine rings is 2. The Kier molecular flexibility index (Phi) is 6.71.